The van der Waals surface area contributed by atoms with Gasteiger partial charge in [0.1, 0.15) is 5.69 Å². The number of likely N-dealkylation sites (N-methyl/N-ethyl adjacent to an activating group) is 1. The molecular weight excluding hydrogens is 364 g/mol. The van der Waals surface area contributed by atoms with Crippen LogP contribution in [0.4, 0.5) is 11.4 Å². The summed E-state index contributed by atoms with van der Waals surface area (Å²) in [6.07, 6.45) is 0. The average Bonchev–Trinajstić information content (AvgIpc) is 2.94. The van der Waals surface area contributed by atoms with Crippen molar-refractivity contribution in [3.8, 4) is 0 Å². The van der Waals surface area contributed by atoms with Crippen LogP contribution < -0.4 is 10.6 Å². The predicted molar refractivity (Wildman–Crippen MR) is 119 cm³/mol. The highest BCUT2D eigenvalue weighted by atomic mass is 16.2. The molecule has 3 N–H and O–H groups in total. The van der Waals surface area contributed by atoms with Crippen molar-refractivity contribution in [3.05, 3.63) is 58.3 Å². The topological polar surface area (TPSA) is 77.2 Å². The molecule has 2 amide bonds. The summed E-state index contributed by atoms with van der Waals surface area (Å²) in [6.45, 7) is 8.27. The Morgan fingerprint density at radius 1 is 0.966 bits per heavy atom. The molecule has 0 saturated carbocycles. The van der Waals surface area contributed by atoms with Crippen LogP contribution >= 0.6 is 0 Å². The van der Waals surface area contributed by atoms with Crippen LogP contribution in [0.5, 0.6) is 0 Å². The quantitative estimate of drug-likeness (QED) is 0.610. The Bertz CT molecular complexity index is 1100. The number of carbonyl (C=O) groups excluding carboxylic acids is 2. The van der Waals surface area contributed by atoms with E-state index in [1.165, 1.54) is 5.56 Å². The molecule has 2 aromatic carbocycles. The minimum Gasteiger partial charge on any atom is -0.350 e. The number of H-pyrrole nitrogens is 1. The zero-order valence-corrected chi connectivity index (χ0v) is 17.9. The fourth-order valence-corrected chi connectivity index (χ4v) is 3.52. The molecule has 0 aliphatic heterocycles. The minimum absolute atomic E-state index is 0.103. The van der Waals surface area contributed by atoms with E-state index in [0.29, 0.717) is 23.6 Å². The highest BCUT2D eigenvalue weighted by Gasteiger charge is 2.17. The van der Waals surface area contributed by atoms with Crippen LogP contribution in [0.25, 0.3) is 10.9 Å². The van der Waals surface area contributed by atoms with Crippen molar-refractivity contribution in [2.75, 3.05) is 31.3 Å². The summed E-state index contributed by atoms with van der Waals surface area (Å²) >= 11 is 0. The Morgan fingerprint density at radius 2 is 1.69 bits per heavy atom. The second kappa shape index (κ2) is 8.09. The van der Waals surface area contributed by atoms with Gasteiger partial charge in [0.05, 0.1) is 6.54 Å². The van der Waals surface area contributed by atoms with Crippen LogP contribution in [0.1, 0.15) is 32.7 Å². The second-order valence-corrected chi connectivity index (χ2v) is 7.90. The van der Waals surface area contributed by atoms with Crippen LogP contribution in [0.2, 0.25) is 0 Å². The van der Waals surface area contributed by atoms with Crippen molar-refractivity contribution in [3.63, 3.8) is 0 Å². The maximum absolute atomic E-state index is 13.0. The number of amides is 2. The van der Waals surface area contributed by atoms with E-state index in [9.17, 15) is 9.59 Å². The van der Waals surface area contributed by atoms with Crippen molar-refractivity contribution in [1.29, 1.82) is 0 Å². The molecule has 29 heavy (non-hydrogen) atoms. The number of aryl methyl sites for hydroxylation is 4. The fraction of sp³-hybridized carbons (Fsp3) is 0.304. The average molecular weight is 393 g/mol. The molecule has 0 radical (unpaired) electrons. The molecule has 1 aromatic heterocycles. The van der Waals surface area contributed by atoms with Crippen molar-refractivity contribution < 1.29 is 9.59 Å². The van der Waals surface area contributed by atoms with Gasteiger partial charge in [0.2, 0.25) is 5.91 Å². The van der Waals surface area contributed by atoms with E-state index in [0.717, 1.165) is 27.6 Å². The van der Waals surface area contributed by atoms with Gasteiger partial charge in [0, 0.05) is 22.3 Å². The van der Waals surface area contributed by atoms with E-state index in [4.69, 9.17) is 0 Å². The van der Waals surface area contributed by atoms with Crippen molar-refractivity contribution in [2.45, 2.75) is 27.7 Å². The van der Waals surface area contributed by atoms with Gasteiger partial charge in [-0.3, -0.25) is 9.59 Å². The molecule has 1 heterocycles. The highest BCUT2D eigenvalue weighted by Crippen LogP contribution is 2.27. The zero-order valence-electron chi connectivity index (χ0n) is 17.9. The molecule has 0 unspecified atom stereocenters. The van der Waals surface area contributed by atoms with E-state index < -0.39 is 0 Å². The number of aromatic nitrogens is 1. The number of carbonyl (C=O) groups is 2. The highest BCUT2D eigenvalue weighted by molar-refractivity contribution is 6.08. The number of nitrogens with one attached hydrogen (secondary N) is 3. The molecule has 0 atom stereocenters. The van der Waals surface area contributed by atoms with E-state index in [1.54, 1.807) is 11.0 Å². The molecule has 0 fully saturated rings. The molecule has 0 saturated heterocycles. The standard InChI is InChI=1S/C23H28N4O2/c1-13-9-15(3)21-18(10-13)16(4)22(26-21)23(29)25-19-11-17(8-7-14(19)2)24-20(28)12-27(5)6/h7-11,26H,12H2,1-6H3,(H,24,28)(H,25,29). The first kappa shape index (κ1) is 20.6. The summed E-state index contributed by atoms with van der Waals surface area (Å²) in [5.74, 6) is -0.302. The fourth-order valence-electron chi connectivity index (χ4n) is 3.52. The monoisotopic (exact) mass is 392 g/mol. The molecule has 0 bridgehead atoms. The second-order valence-electron chi connectivity index (χ2n) is 7.90. The van der Waals surface area contributed by atoms with Crippen molar-refractivity contribution >= 4 is 34.1 Å². The third kappa shape index (κ3) is 4.49. The van der Waals surface area contributed by atoms with Crippen LogP contribution in [0, 0.1) is 27.7 Å². The van der Waals surface area contributed by atoms with E-state index >= 15 is 0 Å². The summed E-state index contributed by atoms with van der Waals surface area (Å²) in [5.41, 5.74) is 6.99. The summed E-state index contributed by atoms with van der Waals surface area (Å²) in [4.78, 5) is 30.1. The van der Waals surface area contributed by atoms with E-state index in [1.807, 2.05) is 47.0 Å². The molecule has 152 valence electrons. The van der Waals surface area contributed by atoms with Gasteiger partial charge in [-0.2, -0.15) is 0 Å². The van der Waals surface area contributed by atoms with E-state index in [-0.39, 0.29) is 11.8 Å². The normalized spacial score (nSPS) is 11.1. The van der Waals surface area contributed by atoms with Crippen LogP contribution in [-0.2, 0) is 4.79 Å². The summed E-state index contributed by atoms with van der Waals surface area (Å²) in [7, 11) is 3.68. The maximum Gasteiger partial charge on any atom is 0.272 e. The lowest BCUT2D eigenvalue weighted by atomic mass is 10.1. The third-order valence-electron chi connectivity index (χ3n) is 4.97. The van der Waals surface area contributed by atoms with Gasteiger partial charge in [-0.15, -0.1) is 0 Å². The van der Waals surface area contributed by atoms with Crippen LogP contribution in [0.15, 0.2) is 30.3 Å². The number of anilines is 2. The Balaban J connectivity index is 1.86. The molecule has 0 spiro atoms. The number of aromatic amines is 1. The van der Waals surface area contributed by atoms with Crippen molar-refractivity contribution in [1.82, 2.24) is 9.88 Å². The van der Waals surface area contributed by atoms with Crippen LogP contribution in [0.3, 0.4) is 0 Å². The first-order chi connectivity index (χ1) is 13.7. The van der Waals surface area contributed by atoms with Gasteiger partial charge >= 0.3 is 0 Å². The van der Waals surface area contributed by atoms with Gasteiger partial charge in [0.15, 0.2) is 0 Å². The largest absolute Gasteiger partial charge is 0.350 e. The Morgan fingerprint density at radius 3 is 2.38 bits per heavy atom. The zero-order chi connectivity index (χ0) is 21.3. The number of fused-ring (bicyclic) bond motifs is 1. The summed E-state index contributed by atoms with van der Waals surface area (Å²) < 4.78 is 0. The lowest BCUT2D eigenvalue weighted by molar-refractivity contribution is -0.116. The molecule has 6 heteroatoms. The SMILES string of the molecule is Cc1cc(C)c2[nH]c(C(=O)Nc3cc(NC(=O)CN(C)C)ccc3C)c(C)c2c1. The Labute approximate surface area is 171 Å². The molecule has 0 aliphatic rings. The molecular formula is C23H28N4O2. The predicted octanol–water partition coefficient (Wildman–Crippen LogP) is 4.15. The number of nitrogens with zero attached hydrogens (tertiary/aromatic N) is 1. The third-order valence-corrected chi connectivity index (χ3v) is 4.97. The van der Waals surface area contributed by atoms with Gasteiger partial charge in [-0.25, -0.2) is 0 Å². The number of benzene rings is 2. The lowest BCUT2D eigenvalue weighted by Gasteiger charge is -2.13. The lowest BCUT2D eigenvalue weighted by Crippen LogP contribution is -2.27. The van der Waals surface area contributed by atoms with Crippen molar-refractivity contribution in [2.24, 2.45) is 0 Å². The van der Waals surface area contributed by atoms with E-state index in [2.05, 4.69) is 34.7 Å². The first-order valence-corrected chi connectivity index (χ1v) is 9.62. The first-order valence-electron chi connectivity index (χ1n) is 9.62. The van der Waals surface area contributed by atoms with Gasteiger partial charge in [-0.05, 0) is 76.7 Å². The van der Waals surface area contributed by atoms with Gasteiger partial charge in [-0.1, -0.05) is 17.7 Å². The van der Waals surface area contributed by atoms with Crippen LogP contribution in [-0.4, -0.2) is 42.3 Å². The number of rotatable bonds is 5. The molecule has 3 aromatic rings. The minimum atomic E-state index is -0.198. The van der Waals surface area contributed by atoms with Gasteiger partial charge < -0.3 is 20.5 Å². The maximum atomic E-state index is 13.0. The number of hydrogen-bond donors (Lipinski definition) is 3. The number of hydrogen-bond acceptors (Lipinski definition) is 3. The smallest absolute Gasteiger partial charge is 0.272 e. The Hall–Kier alpha value is -3.12. The molecule has 3 rings (SSSR count). The molecule has 6 nitrogen and oxygen atoms in total. The summed E-state index contributed by atoms with van der Waals surface area (Å²) in [6, 6.07) is 9.70. The Kier molecular flexibility index (Phi) is 5.75. The molecule has 0 aliphatic carbocycles. The summed E-state index contributed by atoms with van der Waals surface area (Å²) in [5, 5.41) is 6.91. The van der Waals surface area contributed by atoms with Gasteiger partial charge in [0.25, 0.3) is 5.91 Å².